The van der Waals surface area contributed by atoms with E-state index in [0.29, 0.717) is 5.15 Å². The van der Waals surface area contributed by atoms with Gasteiger partial charge in [-0.1, -0.05) is 11.6 Å². The first-order chi connectivity index (χ1) is 5.72. The van der Waals surface area contributed by atoms with Crippen LogP contribution in [0.4, 0.5) is 0 Å². The van der Waals surface area contributed by atoms with Crippen molar-refractivity contribution in [1.29, 1.82) is 0 Å². The van der Waals surface area contributed by atoms with E-state index in [0.717, 1.165) is 24.1 Å². The van der Waals surface area contributed by atoms with Crippen LogP contribution in [0.15, 0.2) is 12.1 Å². The number of hydrogen-bond donors (Lipinski definition) is 1. The summed E-state index contributed by atoms with van der Waals surface area (Å²) in [5, 5.41) is 9.15. The predicted octanol–water partition coefficient (Wildman–Crippen LogP) is 1.97. The molecule has 0 aliphatic heterocycles. The Labute approximate surface area is 77.2 Å². The largest absolute Gasteiger partial charge is 0.396 e. The van der Waals surface area contributed by atoms with Gasteiger partial charge in [-0.05, 0) is 37.5 Å². The molecule has 1 aromatic rings. The van der Waals surface area contributed by atoms with Crippen LogP contribution in [-0.4, -0.2) is 16.7 Å². The molecule has 12 heavy (non-hydrogen) atoms. The number of hydrogen-bond acceptors (Lipinski definition) is 2. The lowest BCUT2D eigenvalue weighted by atomic mass is 10.1. The lowest BCUT2D eigenvalue weighted by molar-refractivity contribution is 0.288. The number of aliphatic hydroxyl groups excluding tert-OH is 1. The first kappa shape index (κ1) is 9.49. The van der Waals surface area contributed by atoms with Gasteiger partial charge in [-0.2, -0.15) is 0 Å². The minimum Gasteiger partial charge on any atom is -0.396 e. The average molecular weight is 186 g/mol. The third-order valence-electron chi connectivity index (χ3n) is 1.61. The molecule has 0 bridgehead atoms. The lowest BCUT2D eigenvalue weighted by Gasteiger charge is -2.01. The Bertz CT molecular complexity index is 242. The second kappa shape index (κ2) is 4.43. The Morgan fingerprint density at radius 3 is 2.83 bits per heavy atom. The molecule has 0 atom stereocenters. The molecule has 0 unspecified atom stereocenters. The van der Waals surface area contributed by atoms with Crippen LogP contribution in [0.1, 0.15) is 17.7 Å². The first-order valence-corrected chi connectivity index (χ1v) is 4.34. The van der Waals surface area contributed by atoms with Crippen LogP contribution in [0.25, 0.3) is 0 Å². The van der Waals surface area contributed by atoms with Gasteiger partial charge in [-0.15, -0.1) is 0 Å². The molecule has 1 aromatic heterocycles. The molecule has 1 heterocycles. The SMILES string of the molecule is Cc1cc(CCCO)cc(Cl)n1. The summed E-state index contributed by atoms with van der Waals surface area (Å²) in [6.07, 6.45) is 1.64. The Morgan fingerprint density at radius 1 is 1.50 bits per heavy atom. The summed E-state index contributed by atoms with van der Waals surface area (Å²) < 4.78 is 0. The van der Waals surface area contributed by atoms with Crippen molar-refractivity contribution >= 4 is 11.6 Å². The second-order valence-electron chi connectivity index (χ2n) is 2.77. The normalized spacial score (nSPS) is 10.2. The third kappa shape index (κ3) is 2.80. The van der Waals surface area contributed by atoms with E-state index in [9.17, 15) is 0 Å². The van der Waals surface area contributed by atoms with Gasteiger partial charge in [0.1, 0.15) is 5.15 Å². The molecule has 2 nitrogen and oxygen atoms in total. The highest BCUT2D eigenvalue weighted by Crippen LogP contribution is 2.11. The number of rotatable bonds is 3. The summed E-state index contributed by atoms with van der Waals surface area (Å²) in [7, 11) is 0. The van der Waals surface area contributed by atoms with E-state index in [1.165, 1.54) is 0 Å². The van der Waals surface area contributed by atoms with E-state index in [2.05, 4.69) is 4.98 Å². The zero-order chi connectivity index (χ0) is 8.97. The van der Waals surface area contributed by atoms with E-state index in [-0.39, 0.29) is 6.61 Å². The number of pyridine rings is 1. The zero-order valence-electron chi connectivity index (χ0n) is 7.05. The Hall–Kier alpha value is -0.600. The highest BCUT2D eigenvalue weighted by atomic mass is 35.5. The molecular formula is C9H12ClNO. The van der Waals surface area contributed by atoms with Crippen molar-refractivity contribution in [2.75, 3.05) is 6.61 Å². The first-order valence-electron chi connectivity index (χ1n) is 3.96. The third-order valence-corrected chi connectivity index (χ3v) is 1.80. The monoisotopic (exact) mass is 185 g/mol. The van der Waals surface area contributed by atoms with Crippen LogP contribution in [0, 0.1) is 6.92 Å². The smallest absolute Gasteiger partial charge is 0.129 e. The molecule has 0 aliphatic carbocycles. The fourth-order valence-corrected chi connectivity index (χ4v) is 1.40. The topological polar surface area (TPSA) is 33.1 Å². The molecule has 0 fully saturated rings. The molecule has 0 aliphatic rings. The van der Waals surface area contributed by atoms with E-state index < -0.39 is 0 Å². The van der Waals surface area contributed by atoms with Crippen LogP contribution in [0.2, 0.25) is 5.15 Å². The van der Waals surface area contributed by atoms with Crippen molar-refractivity contribution in [1.82, 2.24) is 4.98 Å². The van der Waals surface area contributed by atoms with E-state index >= 15 is 0 Å². The molecule has 0 amide bonds. The van der Waals surface area contributed by atoms with Gasteiger partial charge in [0.15, 0.2) is 0 Å². The molecule has 1 rings (SSSR count). The van der Waals surface area contributed by atoms with Gasteiger partial charge >= 0.3 is 0 Å². The van der Waals surface area contributed by atoms with Gasteiger partial charge < -0.3 is 5.11 Å². The van der Waals surface area contributed by atoms with Gasteiger partial charge in [0, 0.05) is 12.3 Å². The molecule has 0 radical (unpaired) electrons. The summed E-state index contributed by atoms with van der Waals surface area (Å²) in [6.45, 7) is 2.13. The molecule has 0 spiro atoms. The van der Waals surface area contributed by atoms with E-state index in [1.807, 2.05) is 19.1 Å². The van der Waals surface area contributed by atoms with Crippen molar-refractivity contribution in [3.8, 4) is 0 Å². The Balaban J connectivity index is 2.72. The summed E-state index contributed by atoms with van der Waals surface area (Å²) in [5.41, 5.74) is 2.07. The molecular weight excluding hydrogens is 174 g/mol. The summed E-state index contributed by atoms with van der Waals surface area (Å²) in [5.74, 6) is 0. The average Bonchev–Trinajstić information content (AvgIpc) is 1.99. The van der Waals surface area contributed by atoms with Crippen molar-refractivity contribution in [2.24, 2.45) is 0 Å². The quantitative estimate of drug-likeness (QED) is 0.731. The van der Waals surface area contributed by atoms with Crippen LogP contribution < -0.4 is 0 Å². The fraction of sp³-hybridized carbons (Fsp3) is 0.444. The van der Waals surface area contributed by atoms with Crippen molar-refractivity contribution in [3.05, 3.63) is 28.5 Å². The maximum Gasteiger partial charge on any atom is 0.129 e. The minimum absolute atomic E-state index is 0.221. The summed E-state index contributed by atoms with van der Waals surface area (Å²) >= 11 is 5.76. The van der Waals surface area contributed by atoms with E-state index in [4.69, 9.17) is 16.7 Å². The van der Waals surface area contributed by atoms with Gasteiger partial charge in [-0.25, -0.2) is 4.98 Å². The highest BCUT2D eigenvalue weighted by Gasteiger charge is 1.97. The Morgan fingerprint density at radius 2 is 2.25 bits per heavy atom. The number of aryl methyl sites for hydroxylation is 2. The van der Waals surface area contributed by atoms with Gasteiger partial charge in [-0.3, -0.25) is 0 Å². The molecule has 0 aromatic carbocycles. The predicted molar refractivity (Wildman–Crippen MR) is 49.4 cm³/mol. The summed E-state index contributed by atoms with van der Waals surface area (Å²) in [6, 6.07) is 3.83. The maximum absolute atomic E-state index is 8.62. The highest BCUT2D eigenvalue weighted by molar-refractivity contribution is 6.29. The second-order valence-corrected chi connectivity index (χ2v) is 3.15. The van der Waals surface area contributed by atoms with Crippen molar-refractivity contribution < 1.29 is 5.11 Å². The lowest BCUT2D eigenvalue weighted by Crippen LogP contribution is -1.92. The van der Waals surface area contributed by atoms with Crippen LogP contribution in [0.3, 0.4) is 0 Å². The number of halogens is 1. The van der Waals surface area contributed by atoms with Crippen LogP contribution in [0.5, 0.6) is 0 Å². The number of nitrogens with zero attached hydrogens (tertiary/aromatic N) is 1. The number of aromatic nitrogens is 1. The van der Waals surface area contributed by atoms with Crippen LogP contribution >= 0.6 is 11.6 Å². The van der Waals surface area contributed by atoms with Crippen molar-refractivity contribution in [2.45, 2.75) is 19.8 Å². The fourth-order valence-electron chi connectivity index (χ4n) is 1.12. The van der Waals surface area contributed by atoms with Crippen LogP contribution in [-0.2, 0) is 6.42 Å². The molecule has 0 saturated heterocycles. The van der Waals surface area contributed by atoms with Crippen molar-refractivity contribution in [3.63, 3.8) is 0 Å². The molecule has 1 N–H and O–H groups in total. The zero-order valence-corrected chi connectivity index (χ0v) is 7.80. The van der Waals surface area contributed by atoms with Gasteiger partial charge in [0.25, 0.3) is 0 Å². The maximum atomic E-state index is 8.62. The summed E-state index contributed by atoms with van der Waals surface area (Å²) in [4.78, 5) is 4.05. The Kier molecular flexibility index (Phi) is 3.50. The van der Waals surface area contributed by atoms with Gasteiger partial charge in [0.05, 0.1) is 0 Å². The molecule has 0 saturated carbocycles. The molecule has 3 heteroatoms. The number of aliphatic hydroxyl groups is 1. The minimum atomic E-state index is 0.221. The van der Waals surface area contributed by atoms with Gasteiger partial charge in [0.2, 0.25) is 0 Å². The molecule has 66 valence electrons. The standard InChI is InChI=1S/C9H12ClNO/c1-7-5-8(3-2-4-12)6-9(10)11-7/h5-6,12H,2-4H2,1H3. The van der Waals surface area contributed by atoms with E-state index in [1.54, 1.807) is 0 Å².